The molecule has 0 atom stereocenters. The Bertz CT molecular complexity index is 891. The first-order valence-corrected chi connectivity index (χ1v) is 21.9. The van der Waals surface area contributed by atoms with E-state index in [0.29, 0.717) is 24.6 Å². The number of carbonyl (C=O) groups is 2. The van der Waals surface area contributed by atoms with Crippen molar-refractivity contribution in [2.75, 3.05) is 63.1 Å². The van der Waals surface area contributed by atoms with Gasteiger partial charge in [0.15, 0.2) is 0 Å². The number of unbranched alkanes of at least 4 members (excludes halogenated alkanes) is 20. The van der Waals surface area contributed by atoms with Gasteiger partial charge in [-0.1, -0.05) is 149 Å². The van der Waals surface area contributed by atoms with Gasteiger partial charge in [0.05, 0.1) is 13.2 Å². The number of nitrogens with zero attached hydrogens (tertiary/aromatic N) is 2. The number of carbonyl (C=O) groups excluding carboxylic acids is 2. The van der Waals surface area contributed by atoms with Crippen molar-refractivity contribution in [2.45, 2.75) is 182 Å². The molecule has 8 heteroatoms. The molecule has 0 aliphatic heterocycles. The zero-order chi connectivity index (χ0) is 37.7. The van der Waals surface area contributed by atoms with Crippen molar-refractivity contribution >= 4 is 23.6 Å². The molecule has 0 aromatic heterocycles. The second kappa shape index (κ2) is 35.7. The van der Waals surface area contributed by atoms with E-state index in [1.807, 2.05) is 0 Å². The Kier molecular flexibility index (Phi) is 32.7. The van der Waals surface area contributed by atoms with Gasteiger partial charge in [-0.15, -0.1) is 0 Å². The molecule has 2 N–H and O–H groups in total. The van der Waals surface area contributed by atoms with E-state index in [2.05, 4.69) is 48.1 Å². The quantitative estimate of drug-likeness (QED) is 0.0669. The van der Waals surface area contributed by atoms with Gasteiger partial charge in [-0.3, -0.25) is 10.6 Å². The van der Waals surface area contributed by atoms with Crippen LogP contribution in [0.15, 0.2) is 24.3 Å². The van der Waals surface area contributed by atoms with Gasteiger partial charge in [0.1, 0.15) is 0 Å². The van der Waals surface area contributed by atoms with E-state index in [9.17, 15) is 9.59 Å². The summed E-state index contributed by atoms with van der Waals surface area (Å²) in [6.07, 6.45) is 30.0. The molecule has 0 fully saturated rings. The summed E-state index contributed by atoms with van der Waals surface area (Å²) in [4.78, 5) is 29.8. The summed E-state index contributed by atoms with van der Waals surface area (Å²) in [7, 11) is 0. The molecule has 0 saturated carbocycles. The summed E-state index contributed by atoms with van der Waals surface area (Å²) >= 11 is 0. The number of hydrogen-bond acceptors (Lipinski definition) is 6. The molecular weight excluding hydrogens is 649 g/mol. The van der Waals surface area contributed by atoms with E-state index < -0.39 is 12.2 Å². The predicted octanol–water partition coefficient (Wildman–Crippen LogP) is 12.8. The highest BCUT2D eigenvalue weighted by Gasteiger charge is 2.09. The van der Waals surface area contributed by atoms with E-state index in [4.69, 9.17) is 9.47 Å². The van der Waals surface area contributed by atoms with Crippen LogP contribution in [0.25, 0.3) is 0 Å². The van der Waals surface area contributed by atoms with Crippen molar-refractivity contribution in [1.82, 2.24) is 9.80 Å². The highest BCUT2D eigenvalue weighted by atomic mass is 16.6. The van der Waals surface area contributed by atoms with Crippen LogP contribution in [0.1, 0.15) is 182 Å². The van der Waals surface area contributed by atoms with Crippen molar-refractivity contribution in [2.24, 2.45) is 0 Å². The molecule has 0 unspecified atom stereocenters. The third-order valence-electron chi connectivity index (χ3n) is 10.1. The van der Waals surface area contributed by atoms with Gasteiger partial charge < -0.3 is 19.3 Å². The van der Waals surface area contributed by atoms with Crippen LogP contribution in [-0.2, 0) is 9.47 Å². The first-order valence-electron chi connectivity index (χ1n) is 21.9. The molecule has 8 nitrogen and oxygen atoms in total. The van der Waals surface area contributed by atoms with Gasteiger partial charge in [-0.2, -0.15) is 0 Å². The fourth-order valence-corrected chi connectivity index (χ4v) is 6.69. The lowest BCUT2D eigenvalue weighted by Gasteiger charge is -2.20. The van der Waals surface area contributed by atoms with Crippen LogP contribution in [0, 0.1) is 0 Å². The summed E-state index contributed by atoms with van der Waals surface area (Å²) in [5, 5.41) is 5.54. The molecule has 0 radical (unpaired) electrons. The minimum absolute atomic E-state index is 0.390. The highest BCUT2D eigenvalue weighted by Crippen LogP contribution is 2.16. The third-order valence-corrected chi connectivity index (χ3v) is 10.1. The summed E-state index contributed by atoms with van der Waals surface area (Å²) < 4.78 is 10.8. The van der Waals surface area contributed by atoms with Crippen LogP contribution >= 0.6 is 0 Å². The number of hydrogen-bond donors (Lipinski definition) is 2. The Labute approximate surface area is 320 Å². The van der Waals surface area contributed by atoms with E-state index >= 15 is 0 Å². The number of benzene rings is 1. The number of ether oxygens (including phenoxy) is 2. The van der Waals surface area contributed by atoms with Gasteiger partial charge >= 0.3 is 12.2 Å². The molecule has 2 amide bonds. The fourth-order valence-electron chi connectivity index (χ4n) is 6.69. The summed E-state index contributed by atoms with van der Waals surface area (Å²) in [5.74, 6) is 0. The first kappa shape index (κ1) is 47.7. The average Bonchev–Trinajstić information content (AvgIpc) is 3.14. The fraction of sp³-hybridized carbons (Fsp3) is 0.818. The molecule has 302 valence electrons. The van der Waals surface area contributed by atoms with Crippen molar-refractivity contribution in [3.05, 3.63) is 24.3 Å². The van der Waals surface area contributed by atoms with Crippen molar-refractivity contribution in [3.63, 3.8) is 0 Å². The molecule has 1 aromatic carbocycles. The minimum atomic E-state index is -0.480. The first-order chi connectivity index (χ1) is 25.5. The topological polar surface area (TPSA) is 83.1 Å². The van der Waals surface area contributed by atoms with E-state index in [1.54, 1.807) is 24.3 Å². The predicted molar refractivity (Wildman–Crippen MR) is 223 cm³/mol. The van der Waals surface area contributed by atoms with Gasteiger partial charge in [0, 0.05) is 11.4 Å². The molecular formula is C44H82N4O4. The van der Waals surface area contributed by atoms with Gasteiger partial charge in [-0.25, -0.2) is 9.59 Å². The van der Waals surface area contributed by atoms with Gasteiger partial charge in [0.25, 0.3) is 0 Å². The van der Waals surface area contributed by atoms with Crippen molar-refractivity contribution in [3.8, 4) is 0 Å². The number of nitrogens with one attached hydrogen (secondary N) is 2. The zero-order valence-corrected chi connectivity index (χ0v) is 34.5. The Hall–Kier alpha value is -2.32. The molecule has 0 aliphatic carbocycles. The average molecular weight is 731 g/mol. The molecule has 52 heavy (non-hydrogen) atoms. The second-order valence-electron chi connectivity index (χ2n) is 14.7. The molecule has 1 aromatic rings. The Balaban J connectivity index is 2.10. The third kappa shape index (κ3) is 29.2. The molecule has 0 spiro atoms. The number of amides is 2. The van der Waals surface area contributed by atoms with Crippen LogP contribution < -0.4 is 10.6 Å². The monoisotopic (exact) mass is 731 g/mol. The lowest BCUT2D eigenvalue weighted by atomic mass is 10.1. The van der Waals surface area contributed by atoms with Gasteiger partial charge in [-0.05, 0) is 96.0 Å². The smallest absolute Gasteiger partial charge is 0.411 e. The minimum Gasteiger partial charge on any atom is -0.449 e. The maximum Gasteiger partial charge on any atom is 0.411 e. The van der Waals surface area contributed by atoms with E-state index in [0.717, 1.165) is 65.0 Å². The van der Waals surface area contributed by atoms with E-state index in [-0.39, 0.29) is 0 Å². The van der Waals surface area contributed by atoms with Crippen molar-refractivity contribution in [1.29, 1.82) is 0 Å². The molecule has 0 heterocycles. The van der Waals surface area contributed by atoms with Crippen LogP contribution in [0.5, 0.6) is 0 Å². The largest absolute Gasteiger partial charge is 0.449 e. The zero-order valence-electron chi connectivity index (χ0n) is 34.5. The molecule has 0 saturated heterocycles. The summed E-state index contributed by atoms with van der Waals surface area (Å²) in [6.45, 7) is 16.3. The van der Waals surface area contributed by atoms with Crippen LogP contribution in [-0.4, -0.2) is 74.5 Å². The Morgan fingerprint density at radius 1 is 0.462 bits per heavy atom. The summed E-state index contributed by atoms with van der Waals surface area (Å²) in [6, 6.07) is 7.05. The Morgan fingerprint density at radius 2 is 0.769 bits per heavy atom. The lowest BCUT2D eigenvalue weighted by molar-refractivity contribution is 0.156. The molecule has 0 bridgehead atoms. The normalized spacial score (nSPS) is 11.3. The summed E-state index contributed by atoms with van der Waals surface area (Å²) in [5.41, 5.74) is 1.14. The second-order valence-corrected chi connectivity index (χ2v) is 14.7. The van der Waals surface area contributed by atoms with Crippen LogP contribution in [0.2, 0.25) is 0 Å². The maximum absolute atomic E-state index is 12.4. The number of rotatable bonds is 36. The maximum atomic E-state index is 12.4. The van der Waals surface area contributed by atoms with Crippen LogP contribution in [0.4, 0.5) is 21.0 Å². The van der Waals surface area contributed by atoms with Gasteiger partial charge in [0.2, 0.25) is 0 Å². The standard InChI is InChI=1S/C44H82N4O4/c1-5-9-11-13-15-17-19-21-23-25-34-47(7-3)36-27-29-38-51-43(49)45-41-32-31-33-42(40-41)46-44(50)52-39-30-28-37-48(8-4)35-26-24-22-20-18-16-14-12-10-6-2/h31-33,40H,5-30,34-39H2,1-4H3,(H,45,49)(H,46,50). The molecule has 1 rings (SSSR count). The lowest BCUT2D eigenvalue weighted by Crippen LogP contribution is -2.26. The van der Waals surface area contributed by atoms with Crippen LogP contribution in [0.3, 0.4) is 0 Å². The Morgan fingerprint density at radius 3 is 1.10 bits per heavy atom. The van der Waals surface area contributed by atoms with E-state index in [1.165, 1.54) is 128 Å². The highest BCUT2D eigenvalue weighted by molar-refractivity contribution is 5.88. The van der Waals surface area contributed by atoms with Crippen molar-refractivity contribution < 1.29 is 19.1 Å². The number of anilines is 2. The SMILES string of the molecule is CCCCCCCCCCCCN(CC)CCCCOC(=O)Nc1cccc(NC(=O)OCCCCN(CC)CCCCCCCCCCCC)c1. The molecule has 0 aliphatic rings.